The van der Waals surface area contributed by atoms with Gasteiger partial charge in [-0.1, -0.05) is 13.0 Å². The molecular weight excluding hydrogens is 250 g/mol. The molecule has 0 radical (unpaired) electrons. The van der Waals surface area contributed by atoms with Gasteiger partial charge in [-0.15, -0.1) is 0 Å². The molecule has 4 nitrogen and oxygen atoms in total. The highest BCUT2D eigenvalue weighted by atomic mass is 19.1. The van der Waals surface area contributed by atoms with Crippen LogP contribution >= 0.6 is 0 Å². The van der Waals surface area contributed by atoms with Gasteiger partial charge in [-0.3, -0.25) is 0 Å². The maximum Gasteiger partial charge on any atom is 0.134 e. The molecule has 0 amide bonds. The summed E-state index contributed by atoms with van der Waals surface area (Å²) in [6, 6.07) is 2.06. The fraction of sp³-hybridized carbons (Fsp3) is 0.385. The van der Waals surface area contributed by atoms with E-state index in [2.05, 4.69) is 20.7 Å². The first-order valence-electron chi connectivity index (χ1n) is 6.18. The third-order valence-electron chi connectivity index (χ3n) is 2.94. The molecule has 1 aromatic heterocycles. The van der Waals surface area contributed by atoms with Crippen LogP contribution in [0.1, 0.15) is 36.2 Å². The van der Waals surface area contributed by atoms with Crippen LogP contribution in [0, 0.1) is 18.6 Å². The van der Waals surface area contributed by atoms with Crippen LogP contribution in [-0.4, -0.2) is 22.0 Å². The quantitative estimate of drug-likeness (QED) is 0.874. The Labute approximate surface area is 110 Å². The molecule has 2 aromatic rings. The van der Waals surface area contributed by atoms with Crippen molar-refractivity contribution in [2.24, 2.45) is 0 Å². The second-order valence-electron chi connectivity index (χ2n) is 4.37. The number of aromatic amines is 1. The van der Waals surface area contributed by atoms with Crippen LogP contribution in [-0.2, 0) is 0 Å². The standard InChI is InChI=1S/C13H16F2N4/c1-3-6-16-13(10-7-17-19-18-10)11-9(14)5-4-8(2)12(11)15/h4-5,7,13,16H,3,6H2,1-2H3,(H,17,18,19). The fourth-order valence-electron chi connectivity index (χ4n) is 1.94. The van der Waals surface area contributed by atoms with E-state index in [0.717, 1.165) is 6.42 Å². The first-order valence-corrected chi connectivity index (χ1v) is 6.18. The molecule has 0 aliphatic heterocycles. The van der Waals surface area contributed by atoms with E-state index in [9.17, 15) is 8.78 Å². The van der Waals surface area contributed by atoms with E-state index in [-0.39, 0.29) is 5.56 Å². The highest BCUT2D eigenvalue weighted by molar-refractivity contribution is 5.33. The average molecular weight is 266 g/mol. The molecule has 2 N–H and O–H groups in total. The summed E-state index contributed by atoms with van der Waals surface area (Å²) in [4.78, 5) is 0. The fourth-order valence-corrected chi connectivity index (χ4v) is 1.94. The summed E-state index contributed by atoms with van der Waals surface area (Å²) in [6.07, 6.45) is 2.32. The lowest BCUT2D eigenvalue weighted by molar-refractivity contribution is 0.494. The number of hydrogen-bond acceptors (Lipinski definition) is 3. The Morgan fingerprint density at radius 2 is 2.16 bits per heavy atom. The number of H-pyrrole nitrogens is 1. The molecule has 0 fully saturated rings. The summed E-state index contributed by atoms with van der Waals surface area (Å²) in [5.74, 6) is -1.13. The Balaban J connectivity index is 2.46. The molecule has 1 atom stereocenters. The molecule has 0 bridgehead atoms. The summed E-state index contributed by atoms with van der Waals surface area (Å²) in [7, 11) is 0. The maximum absolute atomic E-state index is 14.2. The second kappa shape index (κ2) is 5.88. The van der Waals surface area contributed by atoms with Crippen molar-refractivity contribution in [2.75, 3.05) is 6.54 Å². The average Bonchev–Trinajstić information content (AvgIpc) is 2.92. The Hall–Kier alpha value is -1.82. The van der Waals surface area contributed by atoms with Crippen molar-refractivity contribution in [2.45, 2.75) is 26.3 Å². The number of aromatic nitrogens is 3. The molecule has 1 aromatic carbocycles. The highest BCUT2D eigenvalue weighted by Crippen LogP contribution is 2.27. The van der Waals surface area contributed by atoms with Gasteiger partial charge < -0.3 is 5.32 Å². The lowest BCUT2D eigenvalue weighted by Crippen LogP contribution is -2.26. The maximum atomic E-state index is 14.2. The van der Waals surface area contributed by atoms with Gasteiger partial charge in [0, 0.05) is 5.56 Å². The van der Waals surface area contributed by atoms with Crippen molar-refractivity contribution in [1.82, 2.24) is 20.7 Å². The van der Waals surface area contributed by atoms with Gasteiger partial charge in [0.05, 0.1) is 12.2 Å². The molecule has 0 spiro atoms. The minimum Gasteiger partial charge on any atom is -0.305 e. The molecule has 0 aliphatic rings. The van der Waals surface area contributed by atoms with E-state index >= 15 is 0 Å². The predicted octanol–water partition coefficient (Wildman–Crippen LogP) is 2.48. The van der Waals surface area contributed by atoms with E-state index in [0.29, 0.717) is 17.8 Å². The van der Waals surface area contributed by atoms with Gasteiger partial charge in [0.2, 0.25) is 0 Å². The first-order chi connectivity index (χ1) is 9.15. The second-order valence-corrected chi connectivity index (χ2v) is 4.37. The zero-order valence-electron chi connectivity index (χ0n) is 10.9. The summed E-state index contributed by atoms with van der Waals surface area (Å²) >= 11 is 0. The van der Waals surface area contributed by atoms with Crippen LogP contribution in [0.5, 0.6) is 0 Å². The van der Waals surface area contributed by atoms with Gasteiger partial charge in [-0.2, -0.15) is 15.4 Å². The van der Waals surface area contributed by atoms with E-state index < -0.39 is 17.7 Å². The van der Waals surface area contributed by atoms with Crippen LogP contribution in [0.4, 0.5) is 8.78 Å². The number of rotatable bonds is 5. The van der Waals surface area contributed by atoms with E-state index in [4.69, 9.17) is 0 Å². The first kappa shape index (κ1) is 13.6. The molecule has 0 saturated carbocycles. The molecule has 1 heterocycles. The number of halogens is 2. The molecule has 6 heteroatoms. The topological polar surface area (TPSA) is 53.6 Å². The molecule has 2 rings (SSSR count). The normalized spacial score (nSPS) is 12.6. The van der Waals surface area contributed by atoms with Crippen molar-refractivity contribution >= 4 is 0 Å². The monoisotopic (exact) mass is 266 g/mol. The summed E-state index contributed by atoms with van der Waals surface area (Å²) < 4.78 is 28.2. The van der Waals surface area contributed by atoms with Gasteiger partial charge in [-0.05, 0) is 31.5 Å². The van der Waals surface area contributed by atoms with Gasteiger partial charge in [0.15, 0.2) is 0 Å². The molecule has 0 aliphatic carbocycles. The summed E-state index contributed by atoms with van der Waals surface area (Å²) in [6.45, 7) is 4.22. The summed E-state index contributed by atoms with van der Waals surface area (Å²) in [5.41, 5.74) is 0.863. The van der Waals surface area contributed by atoms with Crippen molar-refractivity contribution in [3.05, 3.63) is 46.8 Å². The Kier molecular flexibility index (Phi) is 4.21. The van der Waals surface area contributed by atoms with Gasteiger partial charge in [0.25, 0.3) is 0 Å². The van der Waals surface area contributed by atoms with E-state index in [1.807, 2.05) is 6.92 Å². The van der Waals surface area contributed by atoms with Gasteiger partial charge in [0.1, 0.15) is 17.3 Å². The number of nitrogens with zero attached hydrogens (tertiary/aromatic N) is 2. The zero-order valence-corrected chi connectivity index (χ0v) is 10.9. The zero-order chi connectivity index (χ0) is 13.8. The Morgan fingerprint density at radius 3 is 2.79 bits per heavy atom. The SMILES string of the molecule is CCCNC(c1cn[nH]n1)c1c(F)ccc(C)c1F. The van der Waals surface area contributed by atoms with Crippen molar-refractivity contribution in [3.8, 4) is 0 Å². The summed E-state index contributed by atoms with van der Waals surface area (Å²) in [5, 5.41) is 13.2. The molecule has 0 saturated heterocycles. The minimum absolute atomic E-state index is 0.0117. The van der Waals surface area contributed by atoms with Crippen LogP contribution in [0.2, 0.25) is 0 Å². The highest BCUT2D eigenvalue weighted by Gasteiger charge is 2.24. The third-order valence-corrected chi connectivity index (χ3v) is 2.94. The minimum atomic E-state index is -0.640. The van der Waals surface area contributed by atoms with Gasteiger partial charge >= 0.3 is 0 Å². The van der Waals surface area contributed by atoms with E-state index in [1.54, 1.807) is 6.92 Å². The Bertz CT molecular complexity index is 540. The van der Waals surface area contributed by atoms with Crippen LogP contribution in [0.15, 0.2) is 18.3 Å². The van der Waals surface area contributed by atoms with Crippen LogP contribution < -0.4 is 5.32 Å². The predicted molar refractivity (Wildman–Crippen MR) is 67.6 cm³/mol. The largest absolute Gasteiger partial charge is 0.305 e. The van der Waals surface area contributed by atoms with Crippen molar-refractivity contribution in [3.63, 3.8) is 0 Å². The Morgan fingerprint density at radius 1 is 1.37 bits per heavy atom. The number of aryl methyl sites for hydroxylation is 1. The molecular formula is C13H16F2N4. The van der Waals surface area contributed by atoms with Gasteiger partial charge in [-0.25, -0.2) is 8.78 Å². The van der Waals surface area contributed by atoms with Crippen molar-refractivity contribution < 1.29 is 8.78 Å². The smallest absolute Gasteiger partial charge is 0.134 e. The lowest BCUT2D eigenvalue weighted by Gasteiger charge is -2.18. The number of benzene rings is 1. The van der Waals surface area contributed by atoms with Crippen LogP contribution in [0.3, 0.4) is 0 Å². The molecule has 102 valence electrons. The van der Waals surface area contributed by atoms with E-state index in [1.165, 1.54) is 18.3 Å². The third kappa shape index (κ3) is 2.78. The van der Waals surface area contributed by atoms with Crippen LogP contribution in [0.25, 0.3) is 0 Å². The molecule has 19 heavy (non-hydrogen) atoms. The number of nitrogens with one attached hydrogen (secondary N) is 2. The lowest BCUT2D eigenvalue weighted by atomic mass is 10.00. The number of hydrogen-bond donors (Lipinski definition) is 2. The van der Waals surface area contributed by atoms with Crippen molar-refractivity contribution in [1.29, 1.82) is 0 Å². The molecule has 1 unspecified atom stereocenters.